The number of hydrogen-bond donors (Lipinski definition) is 1. The second-order valence-electron chi connectivity index (χ2n) is 7.53. The van der Waals surface area contributed by atoms with Gasteiger partial charge in [-0.1, -0.05) is 55.5 Å². The molecule has 2 unspecified atom stereocenters. The van der Waals surface area contributed by atoms with Crippen LogP contribution in [0.15, 0.2) is 66.7 Å². The number of nitrogen functional groups attached to an aromatic ring is 1. The molecule has 0 saturated carbocycles. The van der Waals surface area contributed by atoms with Gasteiger partial charge >= 0.3 is 0 Å². The lowest BCUT2D eigenvalue weighted by Crippen LogP contribution is -2.33. The summed E-state index contributed by atoms with van der Waals surface area (Å²) in [5.74, 6) is 0.483. The van der Waals surface area contributed by atoms with Crippen LogP contribution in [0, 0.1) is 12.8 Å². The monoisotopic (exact) mass is 342 g/mol. The van der Waals surface area contributed by atoms with Crippen LogP contribution in [0.5, 0.6) is 0 Å². The van der Waals surface area contributed by atoms with Gasteiger partial charge in [0, 0.05) is 24.0 Å². The van der Waals surface area contributed by atoms with Crippen LogP contribution in [-0.4, -0.2) is 7.05 Å². The molecule has 0 aliphatic carbocycles. The number of anilines is 2. The van der Waals surface area contributed by atoms with E-state index in [4.69, 9.17) is 5.73 Å². The van der Waals surface area contributed by atoms with Crippen molar-refractivity contribution in [2.45, 2.75) is 26.3 Å². The summed E-state index contributed by atoms with van der Waals surface area (Å²) in [5.41, 5.74) is 14.9. The Bertz CT molecular complexity index is 944. The molecule has 1 aliphatic heterocycles. The maximum absolute atomic E-state index is 5.93. The van der Waals surface area contributed by atoms with Crippen LogP contribution in [0.3, 0.4) is 0 Å². The third kappa shape index (κ3) is 2.76. The predicted molar refractivity (Wildman–Crippen MR) is 111 cm³/mol. The van der Waals surface area contributed by atoms with Gasteiger partial charge in [-0.2, -0.15) is 0 Å². The van der Waals surface area contributed by atoms with E-state index in [2.05, 4.69) is 86.5 Å². The molecule has 0 saturated heterocycles. The number of hydrogen-bond acceptors (Lipinski definition) is 2. The lowest BCUT2D eigenvalue weighted by Gasteiger charge is -2.41. The zero-order chi connectivity index (χ0) is 18.3. The van der Waals surface area contributed by atoms with E-state index in [0.29, 0.717) is 12.0 Å². The number of fused-ring (bicyclic) bond motifs is 3. The molecule has 132 valence electrons. The van der Waals surface area contributed by atoms with E-state index in [1.54, 1.807) is 0 Å². The van der Waals surface area contributed by atoms with Crippen LogP contribution in [0.1, 0.15) is 29.7 Å². The topological polar surface area (TPSA) is 29.3 Å². The fraction of sp³-hybridized carbons (Fsp3) is 0.250. The summed E-state index contributed by atoms with van der Waals surface area (Å²) in [6.07, 6.45) is 1.04. The Morgan fingerprint density at radius 3 is 2.42 bits per heavy atom. The van der Waals surface area contributed by atoms with Crippen LogP contribution in [0.4, 0.5) is 11.4 Å². The molecular formula is C24H26N2. The molecule has 0 spiro atoms. The Labute approximate surface area is 156 Å². The number of rotatable bonds is 3. The molecule has 3 aromatic carbocycles. The molecule has 1 heterocycles. The summed E-state index contributed by atoms with van der Waals surface area (Å²) < 4.78 is 0. The van der Waals surface area contributed by atoms with Crippen molar-refractivity contribution in [2.75, 3.05) is 17.7 Å². The van der Waals surface area contributed by atoms with Crippen molar-refractivity contribution >= 4 is 11.4 Å². The van der Waals surface area contributed by atoms with Crippen LogP contribution >= 0.6 is 0 Å². The van der Waals surface area contributed by atoms with Crippen LogP contribution < -0.4 is 10.6 Å². The Morgan fingerprint density at radius 2 is 1.65 bits per heavy atom. The Morgan fingerprint density at radius 1 is 0.962 bits per heavy atom. The summed E-state index contributed by atoms with van der Waals surface area (Å²) in [5, 5.41) is 0. The van der Waals surface area contributed by atoms with E-state index in [1.807, 2.05) is 6.07 Å². The molecule has 0 radical (unpaired) electrons. The van der Waals surface area contributed by atoms with Crippen molar-refractivity contribution in [3.63, 3.8) is 0 Å². The van der Waals surface area contributed by atoms with E-state index >= 15 is 0 Å². The van der Waals surface area contributed by atoms with Gasteiger partial charge in [-0.05, 0) is 59.7 Å². The van der Waals surface area contributed by atoms with Gasteiger partial charge in [0.05, 0.1) is 6.04 Å². The highest BCUT2D eigenvalue weighted by molar-refractivity contribution is 5.84. The number of para-hydroxylation sites is 1. The first-order valence-electron chi connectivity index (χ1n) is 9.32. The first-order valence-corrected chi connectivity index (χ1v) is 9.32. The minimum Gasteiger partial charge on any atom is -0.399 e. The van der Waals surface area contributed by atoms with Crippen molar-refractivity contribution in [3.8, 4) is 11.1 Å². The van der Waals surface area contributed by atoms with Crippen LogP contribution in [0.25, 0.3) is 11.1 Å². The number of nitrogens with zero attached hydrogens (tertiary/aromatic N) is 1. The van der Waals surface area contributed by atoms with Crippen LogP contribution in [-0.2, 0) is 6.42 Å². The third-order valence-electron chi connectivity index (χ3n) is 5.72. The highest BCUT2D eigenvalue weighted by atomic mass is 15.1. The largest absolute Gasteiger partial charge is 0.399 e. The number of benzene rings is 3. The predicted octanol–water partition coefficient (Wildman–Crippen LogP) is 5.61. The van der Waals surface area contributed by atoms with Gasteiger partial charge in [-0.3, -0.25) is 0 Å². The molecule has 2 atom stereocenters. The first kappa shape index (κ1) is 16.7. The van der Waals surface area contributed by atoms with Gasteiger partial charge < -0.3 is 10.6 Å². The van der Waals surface area contributed by atoms with Crippen molar-refractivity contribution in [3.05, 3.63) is 83.4 Å². The Balaban J connectivity index is 1.74. The molecule has 2 nitrogen and oxygen atoms in total. The average molecular weight is 342 g/mol. The van der Waals surface area contributed by atoms with Gasteiger partial charge in [0.25, 0.3) is 0 Å². The standard InChI is InChI=1S/C24H26N2/c1-16-15-19(25)13-12-18(16)14-17(2)24-22-10-5-4-8-20(22)21-9-6-7-11-23(21)26(24)3/h4-13,15,17,24H,14,25H2,1-3H3. The van der Waals surface area contributed by atoms with E-state index in [0.717, 1.165) is 12.1 Å². The van der Waals surface area contributed by atoms with E-state index in [1.165, 1.54) is 33.5 Å². The van der Waals surface area contributed by atoms with Gasteiger partial charge in [0.15, 0.2) is 0 Å². The molecule has 0 aromatic heterocycles. The molecule has 0 amide bonds. The van der Waals surface area contributed by atoms with Gasteiger partial charge in [-0.25, -0.2) is 0 Å². The zero-order valence-corrected chi connectivity index (χ0v) is 15.7. The average Bonchev–Trinajstić information content (AvgIpc) is 2.64. The summed E-state index contributed by atoms with van der Waals surface area (Å²) in [6, 6.07) is 24.2. The fourth-order valence-electron chi connectivity index (χ4n) is 4.46. The molecule has 3 aromatic rings. The van der Waals surface area contributed by atoms with Crippen molar-refractivity contribution in [1.82, 2.24) is 0 Å². The molecule has 2 N–H and O–H groups in total. The lowest BCUT2D eigenvalue weighted by atomic mass is 9.80. The molecule has 2 heteroatoms. The summed E-state index contributed by atoms with van der Waals surface area (Å²) in [7, 11) is 2.23. The van der Waals surface area contributed by atoms with Gasteiger partial charge in [0.1, 0.15) is 0 Å². The van der Waals surface area contributed by atoms with Crippen LogP contribution in [0.2, 0.25) is 0 Å². The van der Waals surface area contributed by atoms with E-state index in [-0.39, 0.29) is 0 Å². The smallest absolute Gasteiger partial charge is 0.0574 e. The SMILES string of the molecule is Cc1cc(N)ccc1CC(C)C1c2ccccc2-c2ccccc2N1C. The highest BCUT2D eigenvalue weighted by Crippen LogP contribution is 2.46. The van der Waals surface area contributed by atoms with E-state index in [9.17, 15) is 0 Å². The minimum atomic E-state index is 0.359. The van der Waals surface area contributed by atoms with Crippen molar-refractivity contribution < 1.29 is 0 Å². The Hall–Kier alpha value is -2.74. The molecule has 0 bridgehead atoms. The molecule has 0 fully saturated rings. The summed E-state index contributed by atoms with van der Waals surface area (Å²) in [4.78, 5) is 2.45. The quantitative estimate of drug-likeness (QED) is 0.627. The highest BCUT2D eigenvalue weighted by Gasteiger charge is 2.32. The third-order valence-corrected chi connectivity index (χ3v) is 5.72. The maximum Gasteiger partial charge on any atom is 0.0574 e. The summed E-state index contributed by atoms with van der Waals surface area (Å²) >= 11 is 0. The Kier molecular flexibility index (Phi) is 4.20. The van der Waals surface area contributed by atoms with Crippen molar-refractivity contribution in [1.29, 1.82) is 0 Å². The molecule has 26 heavy (non-hydrogen) atoms. The zero-order valence-electron chi connectivity index (χ0n) is 15.7. The second-order valence-corrected chi connectivity index (χ2v) is 7.53. The minimum absolute atomic E-state index is 0.359. The molecule has 4 rings (SSSR count). The first-order chi connectivity index (χ1) is 12.6. The fourth-order valence-corrected chi connectivity index (χ4v) is 4.46. The summed E-state index contributed by atoms with van der Waals surface area (Å²) in [6.45, 7) is 4.52. The molecule has 1 aliphatic rings. The van der Waals surface area contributed by atoms with E-state index < -0.39 is 0 Å². The van der Waals surface area contributed by atoms with Gasteiger partial charge in [0.2, 0.25) is 0 Å². The maximum atomic E-state index is 5.93. The normalized spacial score (nSPS) is 16.7. The lowest BCUT2D eigenvalue weighted by molar-refractivity contribution is 0.447. The van der Waals surface area contributed by atoms with Gasteiger partial charge in [-0.15, -0.1) is 0 Å². The number of aryl methyl sites for hydroxylation is 1. The second kappa shape index (κ2) is 6.53. The number of nitrogens with two attached hydrogens (primary N) is 1. The van der Waals surface area contributed by atoms with Crippen molar-refractivity contribution in [2.24, 2.45) is 5.92 Å². The molecular weight excluding hydrogens is 316 g/mol.